The van der Waals surface area contributed by atoms with Crippen LogP contribution in [0.2, 0.25) is 0 Å². The third-order valence-corrected chi connectivity index (χ3v) is 2.32. The lowest BCUT2D eigenvalue weighted by Gasteiger charge is -2.09. The van der Waals surface area contributed by atoms with E-state index in [-0.39, 0.29) is 5.91 Å². The molecule has 102 valence electrons. The average molecular weight is 261 g/mol. The van der Waals surface area contributed by atoms with Gasteiger partial charge in [0.25, 0.3) is 0 Å². The van der Waals surface area contributed by atoms with Crippen LogP contribution < -0.4 is 14.8 Å². The Balaban J connectivity index is 2.81. The quantitative estimate of drug-likeness (QED) is 0.605. The van der Waals surface area contributed by atoms with Crippen LogP contribution in [0.5, 0.6) is 11.5 Å². The van der Waals surface area contributed by atoms with Crippen molar-refractivity contribution in [3.05, 3.63) is 42.5 Å². The molecule has 0 heterocycles. The Labute approximate surface area is 113 Å². The molecule has 4 heteroatoms. The number of benzene rings is 1. The molecule has 19 heavy (non-hydrogen) atoms. The SMILES string of the molecule is C=CCOc1ccc(/C=C/C(=O)NCC)cc1OC. The first kappa shape index (κ1) is 14.8. The number of carbonyl (C=O) groups excluding carboxylic acids is 1. The van der Waals surface area contributed by atoms with Gasteiger partial charge in [-0.2, -0.15) is 0 Å². The van der Waals surface area contributed by atoms with Crippen molar-refractivity contribution in [2.24, 2.45) is 0 Å². The van der Waals surface area contributed by atoms with Crippen LogP contribution in [0.4, 0.5) is 0 Å². The van der Waals surface area contributed by atoms with Crippen LogP contribution in [0.1, 0.15) is 12.5 Å². The second kappa shape index (κ2) is 7.97. The van der Waals surface area contributed by atoms with E-state index < -0.39 is 0 Å². The number of nitrogens with one attached hydrogen (secondary N) is 1. The molecule has 0 spiro atoms. The largest absolute Gasteiger partial charge is 0.493 e. The number of carbonyl (C=O) groups is 1. The van der Waals surface area contributed by atoms with Gasteiger partial charge in [-0.25, -0.2) is 0 Å². The first-order valence-corrected chi connectivity index (χ1v) is 6.09. The summed E-state index contributed by atoms with van der Waals surface area (Å²) in [4.78, 5) is 11.3. The van der Waals surface area contributed by atoms with Crippen molar-refractivity contribution in [3.8, 4) is 11.5 Å². The van der Waals surface area contributed by atoms with Crippen molar-refractivity contribution >= 4 is 12.0 Å². The Kier molecular flexibility index (Phi) is 6.22. The maximum atomic E-state index is 11.3. The number of hydrogen-bond donors (Lipinski definition) is 1. The van der Waals surface area contributed by atoms with Crippen LogP contribution in [0.3, 0.4) is 0 Å². The summed E-state index contributed by atoms with van der Waals surface area (Å²) in [6.45, 7) is 6.50. The topological polar surface area (TPSA) is 47.6 Å². The lowest BCUT2D eigenvalue weighted by molar-refractivity contribution is -0.116. The third kappa shape index (κ3) is 4.87. The second-order valence-electron chi connectivity index (χ2n) is 3.74. The molecule has 1 aromatic carbocycles. The van der Waals surface area contributed by atoms with Crippen molar-refractivity contribution in [1.82, 2.24) is 5.32 Å². The summed E-state index contributed by atoms with van der Waals surface area (Å²) < 4.78 is 10.7. The van der Waals surface area contributed by atoms with Gasteiger partial charge in [-0.05, 0) is 30.7 Å². The zero-order valence-corrected chi connectivity index (χ0v) is 11.3. The molecular weight excluding hydrogens is 242 g/mol. The Hall–Kier alpha value is -2.23. The number of rotatable bonds is 7. The van der Waals surface area contributed by atoms with Crippen LogP contribution in [-0.4, -0.2) is 26.2 Å². The van der Waals surface area contributed by atoms with Crippen LogP contribution >= 0.6 is 0 Å². The van der Waals surface area contributed by atoms with E-state index in [4.69, 9.17) is 9.47 Å². The molecule has 0 unspecified atom stereocenters. The minimum absolute atomic E-state index is 0.117. The van der Waals surface area contributed by atoms with Crippen molar-refractivity contribution in [1.29, 1.82) is 0 Å². The number of methoxy groups -OCH3 is 1. The van der Waals surface area contributed by atoms with Gasteiger partial charge in [0.05, 0.1) is 7.11 Å². The van der Waals surface area contributed by atoms with Crippen LogP contribution in [-0.2, 0) is 4.79 Å². The maximum Gasteiger partial charge on any atom is 0.243 e. The first-order chi connectivity index (χ1) is 9.21. The fourth-order valence-corrected chi connectivity index (χ4v) is 1.46. The van der Waals surface area contributed by atoms with Crippen LogP contribution in [0.15, 0.2) is 36.9 Å². The van der Waals surface area contributed by atoms with E-state index in [0.717, 1.165) is 5.56 Å². The highest BCUT2D eigenvalue weighted by Crippen LogP contribution is 2.28. The summed E-state index contributed by atoms with van der Waals surface area (Å²) in [5.41, 5.74) is 0.869. The van der Waals surface area contributed by atoms with Gasteiger partial charge < -0.3 is 14.8 Å². The van der Waals surface area contributed by atoms with Gasteiger partial charge in [-0.1, -0.05) is 18.7 Å². The zero-order chi connectivity index (χ0) is 14.1. The molecule has 0 fully saturated rings. The minimum atomic E-state index is -0.117. The summed E-state index contributed by atoms with van der Waals surface area (Å²) >= 11 is 0. The van der Waals surface area contributed by atoms with Crippen LogP contribution in [0, 0.1) is 0 Å². The van der Waals surface area contributed by atoms with E-state index in [0.29, 0.717) is 24.7 Å². The maximum absolute atomic E-state index is 11.3. The summed E-state index contributed by atoms with van der Waals surface area (Å²) in [6.07, 6.45) is 4.88. The van der Waals surface area contributed by atoms with E-state index in [2.05, 4.69) is 11.9 Å². The Morgan fingerprint density at radius 2 is 2.21 bits per heavy atom. The van der Waals surface area contributed by atoms with Crippen molar-refractivity contribution in [2.45, 2.75) is 6.92 Å². The van der Waals surface area contributed by atoms with Gasteiger partial charge in [-0.15, -0.1) is 0 Å². The molecule has 0 saturated heterocycles. The van der Waals surface area contributed by atoms with Gasteiger partial charge >= 0.3 is 0 Å². The number of ether oxygens (including phenoxy) is 2. The van der Waals surface area contributed by atoms with E-state index >= 15 is 0 Å². The van der Waals surface area contributed by atoms with Gasteiger partial charge in [-0.3, -0.25) is 4.79 Å². The fourth-order valence-electron chi connectivity index (χ4n) is 1.46. The van der Waals surface area contributed by atoms with Gasteiger partial charge in [0.1, 0.15) is 6.61 Å². The Morgan fingerprint density at radius 3 is 2.84 bits per heavy atom. The average Bonchev–Trinajstić information content (AvgIpc) is 2.43. The van der Waals surface area contributed by atoms with E-state index in [9.17, 15) is 4.79 Å². The molecule has 0 bridgehead atoms. The highest BCUT2D eigenvalue weighted by molar-refractivity contribution is 5.91. The van der Waals surface area contributed by atoms with Crippen molar-refractivity contribution in [3.63, 3.8) is 0 Å². The molecule has 0 atom stereocenters. The molecule has 0 aliphatic heterocycles. The molecule has 0 radical (unpaired) electrons. The van der Waals surface area contributed by atoms with E-state index in [1.165, 1.54) is 6.08 Å². The van der Waals surface area contributed by atoms with Gasteiger partial charge in [0.2, 0.25) is 5.91 Å². The molecular formula is C15H19NO3. The third-order valence-electron chi connectivity index (χ3n) is 2.32. The number of amides is 1. The number of hydrogen-bond acceptors (Lipinski definition) is 3. The summed E-state index contributed by atoms with van der Waals surface area (Å²) in [5, 5.41) is 2.69. The van der Waals surface area contributed by atoms with Gasteiger partial charge in [0, 0.05) is 12.6 Å². The van der Waals surface area contributed by atoms with Crippen LogP contribution in [0.25, 0.3) is 6.08 Å². The van der Waals surface area contributed by atoms with Crippen molar-refractivity contribution in [2.75, 3.05) is 20.3 Å². The molecule has 4 nitrogen and oxygen atoms in total. The zero-order valence-electron chi connectivity index (χ0n) is 11.3. The predicted octanol–water partition coefficient (Wildman–Crippen LogP) is 2.41. The van der Waals surface area contributed by atoms with E-state index in [1.54, 1.807) is 25.3 Å². The lowest BCUT2D eigenvalue weighted by Crippen LogP contribution is -2.19. The summed E-state index contributed by atoms with van der Waals surface area (Å²) in [5.74, 6) is 1.16. The lowest BCUT2D eigenvalue weighted by atomic mass is 10.2. The van der Waals surface area contributed by atoms with Crippen molar-refractivity contribution < 1.29 is 14.3 Å². The normalized spacial score (nSPS) is 10.2. The molecule has 1 aromatic rings. The van der Waals surface area contributed by atoms with Gasteiger partial charge in [0.15, 0.2) is 11.5 Å². The highest BCUT2D eigenvalue weighted by Gasteiger charge is 2.04. The molecule has 1 N–H and O–H groups in total. The Morgan fingerprint density at radius 1 is 1.42 bits per heavy atom. The molecule has 0 aliphatic rings. The predicted molar refractivity (Wildman–Crippen MR) is 76.4 cm³/mol. The summed E-state index contributed by atoms with van der Waals surface area (Å²) in [7, 11) is 1.58. The highest BCUT2D eigenvalue weighted by atomic mass is 16.5. The Bertz CT molecular complexity index is 466. The first-order valence-electron chi connectivity index (χ1n) is 6.09. The standard InChI is InChI=1S/C15H19NO3/c1-4-10-19-13-8-6-12(11-14(13)18-3)7-9-15(17)16-5-2/h4,6-9,11H,1,5,10H2,2-3H3,(H,16,17)/b9-7+. The minimum Gasteiger partial charge on any atom is -0.493 e. The molecule has 0 saturated carbocycles. The molecule has 0 aromatic heterocycles. The molecule has 1 amide bonds. The molecule has 0 aliphatic carbocycles. The molecule has 1 rings (SSSR count). The second-order valence-corrected chi connectivity index (χ2v) is 3.74. The fraction of sp³-hybridized carbons (Fsp3) is 0.267. The summed E-state index contributed by atoms with van der Waals surface area (Å²) in [6, 6.07) is 5.48. The smallest absolute Gasteiger partial charge is 0.243 e. The number of likely N-dealkylation sites (N-methyl/N-ethyl adjacent to an activating group) is 1. The monoisotopic (exact) mass is 261 g/mol. The van der Waals surface area contributed by atoms with E-state index in [1.807, 2.05) is 19.1 Å².